The van der Waals surface area contributed by atoms with Crippen molar-refractivity contribution in [2.45, 2.75) is 67.2 Å². The fourth-order valence-electron chi connectivity index (χ4n) is 4.46. The molecule has 0 bridgehead atoms. The quantitative estimate of drug-likeness (QED) is 0.356. The predicted molar refractivity (Wildman–Crippen MR) is 108 cm³/mol. The molecule has 20 heavy (non-hydrogen) atoms. The van der Waals surface area contributed by atoms with Crippen molar-refractivity contribution in [2.75, 3.05) is 49.3 Å². The Hall–Kier alpha value is 0.860. The van der Waals surface area contributed by atoms with E-state index in [1.807, 2.05) is 0 Å². The van der Waals surface area contributed by atoms with Gasteiger partial charge in [0.25, 0.3) is 0 Å². The van der Waals surface area contributed by atoms with E-state index in [1.54, 1.807) is 49.3 Å². The summed E-state index contributed by atoms with van der Waals surface area (Å²) in [5.74, 6) is 0. The van der Waals surface area contributed by atoms with Crippen LogP contribution >= 0.6 is 14.5 Å². The van der Waals surface area contributed by atoms with E-state index in [0.717, 1.165) is 0 Å². The minimum atomic E-state index is -0.919. The van der Waals surface area contributed by atoms with Gasteiger partial charge in [0.15, 0.2) is 0 Å². The molecule has 0 heterocycles. The Kier molecular flexibility index (Phi) is 11.9. The summed E-state index contributed by atoms with van der Waals surface area (Å²) in [6, 6.07) is 0. The summed E-state index contributed by atoms with van der Waals surface area (Å²) >= 11 is 0. The molecule has 126 valence electrons. The number of hydrogen-bond acceptors (Lipinski definition) is 0. The maximum absolute atomic E-state index is 2.51. The zero-order valence-electron chi connectivity index (χ0n) is 15.5. The summed E-state index contributed by atoms with van der Waals surface area (Å²) in [5, 5.41) is 0. The van der Waals surface area contributed by atoms with Gasteiger partial charge in [0.2, 0.25) is 0 Å². The van der Waals surface area contributed by atoms with Crippen LogP contribution in [-0.2, 0) is 0 Å². The Morgan fingerprint density at radius 2 is 0.650 bits per heavy atom. The summed E-state index contributed by atoms with van der Waals surface area (Å²) in [6.07, 6.45) is 18.6. The Morgan fingerprint density at radius 1 is 0.400 bits per heavy atom. The van der Waals surface area contributed by atoms with Crippen LogP contribution in [0.4, 0.5) is 0 Å². The molecule has 0 aliphatic carbocycles. The molecule has 0 spiro atoms. The van der Waals surface area contributed by atoms with Gasteiger partial charge in [0, 0.05) is 0 Å². The van der Waals surface area contributed by atoms with E-state index in [9.17, 15) is 0 Å². The van der Waals surface area contributed by atoms with Gasteiger partial charge >= 0.3 is 131 Å². The van der Waals surface area contributed by atoms with Crippen molar-refractivity contribution in [3.63, 3.8) is 0 Å². The van der Waals surface area contributed by atoms with Gasteiger partial charge in [0.05, 0.1) is 0 Å². The molecule has 0 nitrogen and oxygen atoms in total. The molecular weight excluding hydrogens is 278 g/mol. The molecule has 0 saturated carbocycles. The number of hydrogen-bond donors (Lipinski definition) is 0. The summed E-state index contributed by atoms with van der Waals surface area (Å²) in [4.78, 5) is 0. The molecule has 0 unspecified atom stereocenters. The third-order valence-corrected chi connectivity index (χ3v) is 18.2. The molecule has 0 rings (SSSR count). The van der Waals surface area contributed by atoms with Crippen LogP contribution in [0.2, 0.25) is 0 Å². The molecule has 0 amide bonds. The first-order valence-corrected chi connectivity index (χ1v) is 15.2. The van der Waals surface area contributed by atoms with Gasteiger partial charge < -0.3 is 0 Å². The van der Waals surface area contributed by atoms with Crippen molar-refractivity contribution in [3.05, 3.63) is 0 Å². The van der Waals surface area contributed by atoms with Crippen LogP contribution in [-0.4, -0.2) is 49.3 Å². The van der Waals surface area contributed by atoms with Crippen LogP contribution in [0, 0.1) is 0 Å². The van der Waals surface area contributed by atoms with Crippen molar-refractivity contribution >= 4 is 14.5 Å². The van der Waals surface area contributed by atoms with Crippen LogP contribution < -0.4 is 0 Å². The van der Waals surface area contributed by atoms with Crippen molar-refractivity contribution in [3.8, 4) is 0 Å². The second kappa shape index (κ2) is 11.4. The molecule has 0 fully saturated rings. The molecule has 0 aromatic heterocycles. The zero-order chi connectivity index (χ0) is 15.5. The molecule has 0 aliphatic rings. The van der Waals surface area contributed by atoms with E-state index in [4.69, 9.17) is 0 Å². The third-order valence-electron chi connectivity index (χ3n) is 5.81. The molecule has 0 N–H and O–H groups in total. The van der Waals surface area contributed by atoms with Gasteiger partial charge in [-0.2, -0.15) is 0 Å². The van der Waals surface area contributed by atoms with Crippen LogP contribution in [0.1, 0.15) is 67.2 Å². The fraction of sp³-hybridized carbons (Fsp3) is 1.00. The summed E-state index contributed by atoms with van der Waals surface area (Å²) in [5.41, 5.74) is 0. The first kappa shape index (κ1) is 20.9. The zero-order valence-corrected chi connectivity index (χ0v) is 17.5. The van der Waals surface area contributed by atoms with Crippen LogP contribution in [0.5, 0.6) is 0 Å². The second-order valence-electron chi connectivity index (χ2n) is 7.21. The van der Waals surface area contributed by atoms with Crippen LogP contribution in [0.25, 0.3) is 0 Å². The van der Waals surface area contributed by atoms with E-state index < -0.39 is 14.5 Å². The normalized spacial score (nSPS) is 14.5. The molecule has 0 aromatic carbocycles. The second-order valence-corrected chi connectivity index (χ2v) is 17.6. The predicted octanol–water partition coefficient (Wildman–Crippen LogP) is 6.17. The standard InChI is InChI=1S/C18H44P2/c1-7-13-19(11-5,14-8-2)17-18-20(12-6,15-9-3)16-10-4/h19-20H,7-18H2,1-6H3. The topological polar surface area (TPSA) is 0 Å². The summed E-state index contributed by atoms with van der Waals surface area (Å²) in [6.45, 7) is 14.7. The van der Waals surface area contributed by atoms with Crippen LogP contribution in [0.3, 0.4) is 0 Å². The van der Waals surface area contributed by atoms with E-state index >= 15 is 0 Å². The van der Waals surface area contributed by atoms with Crippen molar-refractivity contribution in [2.24, 2.45) is 0 Å². The molecule has 0 saturated heterocycles. The SMILES string of the molecule is CCC[PH](CC)(CCC)CC[PH](CC)(CCC)CCC. The Labute approximate surface area is 131 Å². The van der Waals surface area contributed by atoms with Gasteiger partial charge in [-0.15, -0.1) is 0 Å². The molecule has 0 aliphatic heterocycles. The van der Waals surface area contributed by atoms with Crippen molar-refractivity contribution in [1.29, 1.82) is 0 Å². The van der Waals surface area contributed by atoms with Gasteiger partial charge in [-0.1, -0.05) is 0 Å². The van der Waals surface area contributed by atoms with E-state index in [0.29, 0.717) is 0 Å². The average Bonchev–Trinajstić information content (AvgIpc) is 2.45. The van der Waals surface area contributed by atoms with Gasteiger partial charge in [-0.05, 0) is 0 Å². The van der Waals surface area contributed by atoms with Crippen LogP contribution in [0.15, 0.2) is 0 Å². The van der Waals surface area contributed by atoms with Crippen molar-refractivity contribution in [1.82, 2.24) is 0 Å². The first-order valence-electron chi connectivity index (χ1n) is 9.57. The summed E-state index contributed by atoms with van der Waals surface area (Å²) in [7, 11) is -1.84. The van der Waals surface area contributed by atoms with Crippen molar-refractivity contribution < 1.29 is 0 Å². The van der Waals surface area contributed by atoms with Gasteiger partial charge in [-0.25, -0.2) is 0 Å². The summed E-state index contributed by atoms with van der Waals surface area (Å²) < 4.78 is 0. The average molecular weight is 322 g/mol. The van der Waals surface area contributed by atoms with E-state index in [1.165, 1.54) is 25.7 Å². The number of rotatable bonds is 13. The Balaban J connectivity index is 4.83. The molecular formula is C18H44P2. The minimum absolute atomic E-state index is 0.919. The maximum atomic E-state index is 2.51. The third kappa shape index (κ3) is 6.75. The monoisotopic (exact) mass is 322 g/mol. The Bertz CT molecular complexity index is 189. The first-order chi connectivity index (χ1) is 9.57. The molecule has 0 aromatic rings. The molecule has 0 radical (unpaired) electrons. The van der Waals surface area contributed by atoms with E-state index in [2.05, 4.69) is 41.5 Å². The fourth-order valence-corrected chi connectivity index (χ4v) is 16.6. The van der Waals surface area contributed by atoms with Gasteiger partial charge in [0.1, 0.15) is 0 Å². The van der Waals surface area contributed by atoms with Gasteiger partial charge in [-0.3, -0.25) is 0 Å². The molecule has 0 atom stereocenters. The molecule has 2 heteroatoms. The Morgan fingerprint density at radius 3 is 0.800 bits per heavy atom. The van der Waals surface area contributed by atoms with E-state index in [-0.39, 0.29) is 0 Å².